The summed E-state index contributed by atoms with van der Waals surface area (Å²) >= 11 is 3.33. The molecule has 0 heterocycles. The number of para-hydroxylation sites is 1. The van der Waals surface area contributed by atoms with E-state index < -0.39 is 0 Å². The average Bonchev–Trinajstić information content (AvgIpc) is 2.62. The van der Waals surface area contributed by atoms with Crippen LogP contribution in [0.4, 0.5) is 5.69 Å². The number of halogens is 1. The number of hydrogen-bond acceptors (Lipinski definition) is 3. The molecule has 3 amide bonds. The van der Waals surface area contributed by atoms with Crippen molar-refractivity contribution in [1.82, 2.24) is 10.6 Å². The SMILES string of the molecule is Cc1ccccc1C(=O)NCCC(=O)NCC(=O)Nc1ccccc1Br. The third-order valence-corrected chi connectivity index (χ3v) is 4.31. The smallest absolute Gasteiger partial charge is 0.251 e. The first-order chi connectivity index (χ1) is 12.5. The van der Waals surface area contributed by atoms with Crippen LogP contribution in [0.5, 0.6) is 0 Å². The van der Waals surface area contributed by atoms with Crippen LogP contribution in [0.1, 0.15) is 22.3 Å². The second kappa shape index (κ2) is 9.72. The Balaban J connectivity index is 1.69. The van der Waals surface area contributed by atoms with Gasteiger partial charge in [-0.2, -0.15) is 0 Å². The summed E-state index contributed by atoms with van der Waals surface area (Å²) in [6, 6.07) is 14.4. The molecular weight excluding hydrogens is 398 g/mol. The zero-order valence-electron chi connectivity index (χ0n) is 14.3. The van der Waals surface area contributed by atoms with Gasteiger partial charge in [-0.1, -0.05) is 30.3 Å². The molecule has 0 saturated heterocycles. The Bertz CT molecular complexity index is 808. The van der Waals surface area contributed by atoms with Crippen molar-refractivity contribution in [2.24, 2.45) is 0 Å². The van der Waals surface area contributed by atoms with Gasteiger partial charge in [-0.25, -0.2) is 0 Å². The van der Waals surface area contributed by atoms with E-state index in [0.717, 1.165) is 10.0 Å². The number of aryl methyl sites for hydroxylation is 1. The van der Waals surface area contributed by atoms with Crippen LogP contribution in [-0.2, 0) is 9.59 Å². The van der Waals surface area contributed by atoms with Gasteiger partial charge in [0.15, 0.2) is 0 Å². The fourth-order valence-corrected chi connectivity index (χ4v) is 2.62. The minimum atomic E-state index is -0.325. The van der Waals surface area contributed by atoms with E-state index in [0.29, 0.717) is 11.3 Å². The third kappa shape index (κ3) is 6.00. The molecule has 26 heavy (non-hydrogen) atoms. The van der Waals surface area contributed by atoms with Crippen LogP contribution in [-0.4, -0.2) is 30.8 Å². The van der Waals surface area contributed by atoms with Gasteiger partial charge >= 0.3 is 0 Å². The number of carbonyl (C=O) groups is 3. The minimum absolute atomic E-state index is 0.0972. The zero-order valence-corrected chi connectivity index (χ0v) is 15.9. The molecule has 0 fully saturated rings. The zero-order chi connectivity index (χ0) is 18.9. The first-order valence-electron chi connectivity index (χ1n) is 8.12. The highest BCUT2D eigenvalue weighted by Crippen LogP contribution is 2.20. The molecule has 2 aromatic carbocycles. The Morgan fingerprint density at radius 2 is 1.62 bits per heavy atom. The molecule has 0 aromatic heterocycles. The molecule has 0 aliphatic rings. The van der Waals surface area contributed by atoms with Crippen molar-refractivity contribution >= 4 is 39.3 Å². The van der Waals surface area contributed by atoms with Crippen LogP contribution in [0.25, 0.3) is 0 Å². The highest BCUT2D eigenvalue weighted by molar-refractivity contribution is 9.10. The Morgan fingerprint density at radius 3 is 2.35 bits per heavy atom. The van der Waals surface area contributed by atoms with Crippen LogP contribution >= 0.6 is 15.9 Å². The third-order valence-electron chi connectivity index (χ3n) is 3.62. The van der Waals surface area contributed by atoms with Gasteiger partial charge in [0.05, 0.1) is 12.2 Å². The van der Waals surface area contributed by atoms with Crippen molar-refractivity contribution in [1.29, 1.82) is 0 Å². The summed E-state index contributed by atoms with van der Waals surface area (Å²) in [6.07, 6.45) is 0.0972. The molecule has 0 spiro atoms. The summed E-state index contributed by atoms with van der Waals surface area (Å²) in [4.78, 5) is 35.7. The highest BCUT2D eigenvalue weighted by Gasteiger charge is 2.10. The molecule has 0 aliphatic heterocycles. The van der Waals surface area contributed by atoms with E-state index in [-0.39, 0.29) is 37.2 Å². The lowest BCUT2D eigenvalue weighted by Gasteiger charge is -2.09. The van der Waals surface area contributed by atoms with Gasteiger partial charge in [0.25, 0.3) is 5.91 Å². The lowest BCUT2D eigenvalue weighted by atomic mass is 10.1. The maximum absolute atomic E-state index is 12.0. The Hall–Kier alpha value is -2.67. The van der Waals surface area contributed by atoms with Gasteiger partial charge in [0.1, 0.15) is 0 Å². The molecule has 6 nitrogen and oxygen atoms in total. The molecule has 0 aliphatic carbocycles. The van der Waals surface area contributed by atoms with Gasteiger partial charge in [0, 0.05) is 23.0 Å². The maximum atomic E-state index is 12.0. The number of hydrogen-bond donors (Lipinski definition) is 3. The fraction of sp³-hybridized carbons (Fsp3) is 0.211. The van der Waals surface area contributed by atoms with Gasteiger partial charge in [-0.3, -0.25) is 14.4 Å². The molecule has 0 atom stereocenters. The van der Waals surface area contributed by atoms with E-state index in [2.05, 4.69) is 31.9 Å². The molecule has 2 aromatic rings. The molecule has 7 heteroatoms. The second-order valence-corrected chi connectivity index (χ2v) is 6.48. The summed E-state index contributed by atoms with van der Waals surface area (Å²) in [5.41, 5.74) is 2.09. The number of anilines is 1. The number of benzene rings is 2. The molecule has 0 radical (unpaired) electrons. The Kier molecular flexibility index (Phi) is 7.35. The largest absolute Gasteiger partial charge is 0.352 e. The summed E-state index contributed by atoms with van der Waals surface area (Å²) in [6.45, 7) is 1.92. The van der Waals surface area contributed by atoms with Crippen molar-refractivity contribution in [3.05, 3.63) is 64.1 Å². The normalized spacial score (nSPS) is 10.1. The van der Waals surface area contributed by atoms with E-state index in [1.807, 2.05) is 31.2 Å². The van der Waals surface area contributed by atoms with Gasteiger partial charge in [-0.05, 0) is 46.6 Å². The van der Waals surface area contributed by atoms with E-state index in [9.17, 15) is 14.4 Å². The van der Waals surface area contributed by atoms with Crippen molar-refractivity contribution in [2.75, 3.05) is 18.4 Å². The van der Waals surface area contributed by atoms with Gasteiger partial charge in [0.2, 0.25) is 11.8 Å². The molecular formula is C19H20BrN3O3. The number of rotatable bonds is 7. The molecule has 2 rings (SSSR count). The molecule has 136 valence electrons. The van der Waals surface area contributed by atoms with Gasteiger partial charge < -0.3 is 16.0 Å². The van der Waals surface area contributed by atoms with Crippen LogP contribution in [0.3, 0.4) is 0 Å². The van der Waals surface area contributed by atoms with Crippen LogP contribution < -0.4 is 16.0 Å². The first-order valence-corrected chi connectivity index (χ1v) is 8.91. The Morgan fingerprint density at radius 1 is 0.923 bits per heavy atom. The standard InChI is InChI=1S/C19H20BrN3O3/c1-13-6-2-3-7-14(13)19(26)21-11-10-17(24)22-12-18(25)23-16-9-5-4-8-15(16)20/h2-9H,10-12H2,1H3,(H,21,26)(H,22,24)(H,23,25). The predicted octanol–water partition coefficient (Wildman–Crippen LogP) is 2.63. The van der Waals surface area contributed by atoms with E-state index in [1.165, 1.54) is 0 Å². The fourth-order valence-electron chi connectivity index (χ4n) is 2.24. The van der Waals surface area contributed by atoms with Gasteiger partial charge in [-0.15, -0.1) is 0 Å². The number of carbonyl (C=O) groups excluding carboxylic acids is 3. The second-order valence-electron chi connectivity index (χ2n) is 5.63. The lowest BCUT2D eigenvalue weighted by molar-refractivity contribution is -0.124. The first kappa shape index (κ1) is 19.7. The quantitative estimate of drug-likeness (QED) is 0.646. The minimum Gasteiger partial charge on any atom is -0.352 e. The van der Waals surface area contributed by atoms with Crippen LogP contribution in [0.15, 0.2) is 53.0 Å². The molecule has 0 unspecified atom stereocenters. The van der Waals surface area contributed by atoms with E-state index >= 15 is 0 Å². The Labute approximate surface area is 160 Å². The van der Waals surface area contributed by atoms with E-state index in [4.69, 9.17) is 0 Å². The number of amides is 3. The number of nitrogens with one attached hydrogen (secondary N) is 3. The molecule has 0 saturated carbocycles. The molecule has 3 N–H and O–H groups in total. The van der Waals surface area contributed by atoms with Crippen molar-refractivity contribution in [3.63, 3.8) is 0 Å². The van der Waals surface area contributed by atoms with Crippen LogP contribution in [0, 0.1) is 6.92 Å². The van der Waals surface area contributed by atoms with Crippen LogP contribution in [0.2, 0.25) is 0 Å². The molecule has 0 bridgehead atoms. The monoisotopic (exact) mass is 417 g/mol. The summed E-state index contributed by atoms with van der Waals surface area (Å²) in [7, 11) is 0. The van der Waals surface area contributed by atoms with Crippen molar-refractivity contribution in [2.45, 2.75) is 13.3 Å². The topological polar surface area (TPSA) is 87.3 Å². The van der Waals surface area contributed by atoms with E-state index in [1.54, 1.807) is 24.3 Å². The summed E-state index contributed by atoms with van der Waals surface area (Å²) < 4.78 is 0.763. The summed E-state index contributed by atoms with van der Waals surface area (Å²) in [5.74, 6) is -0.853. The lowest BCUT2D eigenvalue weighted by Crippen LogP contribution is -2.35. The van der Waals surface area contributed by atoms with Crippen molar-refractivity contribution < 1.29 is 14.4 Å². The summed E-state index contributed by atoms with van der Waals surface area (Å²) in [5, 5.41) is 7.93. The highest BCUT2D eigenvalue weighted by atomic mass is 79.9. The average molecular weight is 418 g/mol. The maximum Gasteiger partial charge on any atom is 0.251 e. The van der Waals surface area contributed by atoms with Crippen molar-refractivity contribution in [3.8, 4) is 0 Å². The predicted molar refractivity (Wildman–Crippen MR) is 104 cm³/mol.